The van der Waals surface area contributed by atoms with Crippen LogP contribution in [0.4, 0.5) is 0 Å². The molecule has 0 aliphatic carbocycles. The lowest BCUT2D eigenvalue weighted by Gasteiger charge is -2.33. The van der Waals surface area contributed by atoms with Crippen molar-refractivity contribution in [3.05, 3.63) is 35.4 Å². The maximum absolute atomic E-state index is 10.9. The fourth-order valence-electron chi connectivity index (χ4n) is 2.40. The lowest BCUT2D eigenvalue weighted by molar-refractivity contribution is 0.111. The highest BCUT2D eigenvalue weighted by molar-refractivity contribution is 5.77. The first kappa shape index (κ1) is 11.3. The molecule has 16 heavy (non-hydrogen) atoms. The Kier molecular flexibility index (Phi) is 3.73. The summed E-state index contributed by atoms with van der Waals surface area (Å²) in [6.45, 7) is 4.35. The number of aldehydes is 1. The van der Waals surface area contributed by atoms with E-state index in [0.29, 0.717) is 6.04 Å². The Hall–Kier alpha value is -1.15. The molecule has 0 aromatic heterocycles. The van der Waals surface area contributed by atoms with Gasteiger partial charge in [-0.3, -0.25) is 9.69 Å². The van der Waals surface area contributed by atoms with E-state index in [2.05, 4.69) is 17.9 Å². The zero-order chi connectivity index (χ0) is 11.4. The molecule has 1 unspecified atom stereocenters. The van der Waals surface area contributed by atoms with Gasteiger partial charge >= 0.3 is 0 Å². The second kappa shape index (κ2) is 5.26. The van der Waals surface area contributed by atoms with Crippen molar-refractivity contribution in [1.82, 2.24) is 4.90 Å². The Labute approximate surface area is 97.3 Å². The minimum absolute atomic E-state index is 0.647. The van der Waals surface area contributed by atoms with Gasteiger partial charge in [0.2, 0.25) is 0 Å². The van der Waals surface area contributed by atoms with Crippen LogP contribution in [0.15, 0.2) is 24.3 Å². The summed E-state index contributed by atoms with van der Waals surface area (Å²) in [6.07, 6.45) is 4.87. The van der Waals surface area contributed by atoms with Crippen LogP contribution in [0.3, 0.4) is 0 Å². The Morgan fingerprint density at radius 1 is 1.38 bits per heavy atom. The van der Waals surface area contributed by atoms with E-state index >= 15 is 0 Å². The molecule has 2 nitrogen and oxygen atoms in total. The molecule has 0 amide bonds. The molecule has 2 heteroatoms. The van der Waals surface area contributed by atoms with Crippen molar-refractivity contribution in [2.45, 2.75) is 38.8 Å². The van der Waals surface area contributed by atoms with Crippen LogP contribution >= 0.6 is 0 Å². The normalized spacial score (nSPS) is 21.9. The van der Waals surface area contributed by atoms with Gasteiger partial charge in [-0.25, -0.2) is 0 Å². The lowest BCUT2D eigenvalue weighted by Crippen LogP contribution is -2.36. The smallest absolute Gasteiger partial charge is 0.150 e. The summed E-state index contributed by atoms with van der Waals surface area (Å²) in [5, 5.41) is 0. The number of likely N-dealkylation sites (tertiary alicyclic amines) is 1. The SMILES string of the molecule is CC1CCCCN1Cc1ccccc1C=O. The largest absolute Gasteiger partial charge is 0.298 e. The molecule has 1 aliphatic heterocycles. The molecular formula is C14H19NO. The van der Waals surface area contributed by atoms with Crippen molar-refractivity contribution in [2.75, 3.05) is 6.54 Å². The van der Waals surface area contributed by atoms with Crippen molar-refractivity contribution in [1.29, 1.82) is 0 Å². The van der Waals surface area contributed by atoms with Gasteiger partial charge in [-0.15, -0.1) is 0 Å². The predicted molar refractivity (Wildman–Crippen MR) is 65.6 cm³/mol. The van der Waals surface area contributed by atoms with Gasteiger partial charge in [-0.1, -0.05) is 30.7 Å². The highest BCUT2D eigenvalue weighted by Gasteiger charge is 2.18. The molecule has 86 valence electrons. The van der Waals surface area contributed by atoms with Crippen LogP contribution in [0, 0.1) is 0 Å². The average molecular weight is 217 g/mol. The minimum Gasteiger partial charge on any atom is -0.298 e. The monoisotopic (exact) mass is 217 g/mol. The number of piperidine rings is 1. The summed E-state index contributed by atoms with van der Waals surface area (Å²) in [6, 6.07) is 8.54. The van der Waals surface area contributed by atoms with Crippen LogP contribution in [0.25, 0.3) is 0 Å². The summed E-state index contributed by atoms with van der Waals surface area (Å²) >= 11 is 0. The van der Waals surface area contributed by atoms with E-state index < -0.39 is 0 Å². The molecule has 1 aromatic carbocycles. The average Bonchev–Trinajstić information content (AvgIpc) is 2.33. The first-order chi connectivity index (χ1) is 7.81. The Morgan fingerprint density at radius 2 is 2.19 bits per heavy atom. The molecule has 1 atom stereocenters. The van der Waals surface area contributed by atoms with Crippen molar-refractivity contribution in [3.8, 4) is 0 Å². The van der Waals surface area contributed by atoms with Crippen molar-refractivity contribution >= 4 is 6.29 Å². The van der Waals surface area contributed by atoms with Crippen LogP contribution in [-0.2, 0) is 6.54 Å². The third kappa shape index (κ3) is 2.50. The number of carbonyl (C=O) groups is 1. The quantitative estimate of drug-likeness (QED) is 0.726. The summed E-state index contributed by atoms with van der Waals surface area (Å²) < 4.78 is 0. The maximum Gasteiger partial charge on any atom is 0.150 e. The molecule has 1 aliphatic rings. The number of hydrogen-bond donors (Lipinski definition) is 0. The molecule has 1 aromatic rings. The highest BCUT2D eigenvalue weighted by atomic mass is 16.1. The van der Waals surface area contributed by atoms with Gasteiger partial charge in [-0.2, -0.15) is 0 Å². The first-order valence-electron chi connectivity index (χ1n) is 6.08. The van der Waals surface area contributed by atoms with E-state index in [1.54, 1.807) is 0 Å². The molecule has 0 saturated carbocycles. The van der Waals surface area contributed by atoms with E-state index in [1.165, 1.54) is 19.3 Å². The van der Waals surface area contributed by atoms with E-state index in [0.717, 1.165) is 30.5 Å². The summed E-state index contributed by atoms with van der Waals surface area (Å²) in [7, 11) is 0. The van der Waals surface area contributed by atoms with E-state index in [1.807, 2.05) is 18.2 Å². The van der Waals surface area contributed by atoms with Gasteiger partial charge in [0.15, 0.2) is 0 Å². The molecule has 1 saturated heterocycles. The van der Waals surface area contributed by atoms with Crippen LogP contribution < -0.4 is 0 Å². The number of rotatable bonds is 3. The van der Waals surface area contributed by atoms with Gasteiger partial charge < -0.3 is 0 Å². The minimum atomic E-state index is 0.647. The lowest BCUT2D eigenvalue weighted by atomic mass is 10.0. The molecular weight excluding hydrogens is 198 g/mol. The summed E-state index contributed by atoms with van der Waals surface area (Å²) in [5.41, 5.74) is 1.99. The second-order valence-corrected chi connectivity index (χ2v) is 4.63. The second-order valence-electron chi connectivity index (χ2n) is 4.63. The highest BCUT2D eigenvalue weighted by Crippen LogP contribution is 2.20. The van der Waals surface area contributed by atoms with Gasteiger partial charge in [0.05, 0.1) is 0 Å². The molecule has 2 rings (SSSR count). The zero-order valence-electron chi connectivity index (χ0n) is 9.86. The maximum atomic E-state index is 10.9. The van der Waals surface area contributed by atoms with Crippen LogP contribution in [0.1, 0.15) is 42.1 Å². The third-order valence-electron chi connectivity index (χ3n) is 3.50. The van der Waals surface area contributed by atoms with Crippen LogP contribution in [0.5, 0.6) is 0 Å². The number of benzene rings is 1. The predicted octanol–water partition coefficient (Wildman–Crippen LogP) is 2.87. The summed E-state index contributed by atoms with van der Waals surface area (Å²) in [5.74, 6) is 0. The van der Waals surface area contributed by atoms with Crippen LogP contribution in [-0.4, -0.2) is 23.8 Å². The molecule has 1 heterocycles. The first-order valence-corrected chi connectivity index (χ1v) is 6.08. The Bertz CT molecular complexity index is 362. The van der Waals surface area contributed by atoms with Crippen LogP contribution in [0.2, 0.25) is 0 Å². The zero-order valence-corrected chi connectivity index (χ0v) is 9.86. The van der Waals surface area contributed by atoms with E-state index in [4.69, 9.17) is 0 Å². The number of carbonyl (C=O) groups excluding carboxylic acids is 1. The Morgan fingerprint density at radius 3 is 2.94 bits per heavy atom. The van der Waals surface area contributed by atoms with Gasteiger partial charge in [0.1, 0.15) is 6.29 Å². The standard InChI is InChI=1S/C14H19NO/c1-12-6-4-5-9-15(12)10-13-7-2-3-8-14(13)11-16/h2-3,7-8,11-12H,4-6,9-10H2,1H3. The topological polar surface area (TPSA) is 20.3 Å². The Balaban J connectivity index is 2.10. The number of hydrogen-bond acceptors (Lipinski definition) is 2. The molecule has 0 N–H and O–H groups in total. The fourth-order valence-corrected chi connectivity index (χ4v) is 2.40. The van der Waals surface area contributed by atoms with E-state index in [9.17, 15) is 4.79 Å². The van der Waals surface area contributed by atoms with Gasteiger partial charge in [0.25, 0.3) is 0 Å². The molecule has 0 spiro atoms. The van der Waals surface area contributed by atoms with Crippen molar-refractivity contribution < 1.29 is 4.79 Å². The third-order valence-corrected chi connectivity index (χ3v) is 3.50. The summed E-state index contributed by atoms with van der Waals surface area (Å²) in [4.78, 5) is 13.4. The van der Waals surface area contributed by atoms with Gasteiger partial charge in [-0.05, 0) is 31.9 Å². The van der Waals surface area contributed by atoms with Crippen molar-refractivity contribution in [3.63, 3.8) is 0 Å². The molecule has 0 bridgehead atoms. The number of nitrogens with zero attached hydrogens (tertiary/aromatic N) is 1. The fraction of sp³-hybridized carbons (Fsp3) is 0.500. The molecule has 1 fully saturated rings. The molecule has 0 radical (unpaired) electrons. The van der Waals surface area contributed by atoms with Gasteiger partial charge in [0, 0.05) is 18.2 Å². The van der Waals surface area contributed by atoms with Crippen molar-refractivity contribution in [2.24, 2.45) is 0 Å². The van der Waals surface area contributed by atoms with E-state index in [-0.39, 0.29) is 0 Å².